The van der Waals surface area contributed by atoms with Crippen molar-refractivity contribution in [2.45, 2.75) is 25.6 Å². The second-order valence-corrected chi connectivity index (χ2v) is 4.49. The van der Waals surface area contributed by atoms with Crippen molar-refractivity contribution >= 4 is 0 Å². The summed E-state index contributed by atoms with van der Waals surface area (Å²) < 4.78 is 11.4. The van der Waals surface area contributed by atoms with Crippen LogP contribution in [0.5, 0.6) is 5.88 Å². The highest BCUT2D eigenvalue weighted by atomic mass is 16.6. The summed E-state index contributed by atoms with van der Waals surface area (Å²) in [5, 5.41) is 3.32. The first-order valence-electron chi connectivity index (χ1n) is 5.43. The molecule has 2 heterocycles. The maximum Gasteiger partial charge on any atom is 0.216 e. The van der Waals surface area contributed by atoms with E-state index in [-0.39, 0.29) is 11.7 Å². The minimum Gasteiger partial charge on any atom is -0.475 e. The monoisotopic (exact) mass is 223 g/mol. The minimum absolute atomic E-state index is 0.0683. The van der Waals surface area contributed by atoms with Gasteiger partial charge in [0.25, 0.3) is 0 Å². The number of ether oxygens (including phenoxy) is 2. The molecule has 1 aliphatic heterocycles. The van der Waals surface area contributed by atoms with Gasteiger partial charge < -0.3 is 14.8 Å². The summed E-state index contributed by atoms with van der Waals surface area (Å²) in [5.41, 5.74) is -0.127. The smallest absolute Gasteiger partial charge is 0.216 e. The van der Waals surface area contributed by atoms with E-state index in [1.807, 2.05) is 0 Å². The van der Waals surface area contributed by atoms with Crippen molar-refractivity contribution in [3.63, 3.8) is 0 Å². The normalized spacial score (nSPS) is 24.0. The molecule has 1 aliphatic rings. The van der Waals surface area contributed by atoms with E-state index in [4.69, 9.17) is 9.47 Å². The van der Waals surface area contributed by atoms with E-state index in [1.54, 1.807) is 12.3 Å². The fourth-order valence-electron chi connectivity index (χ4n) is 1.70. The van der Waals surface area contributed by atoms with Crippen molar-refractivity contribution in [1.82, 2.24) is 15.3 Å². The lowest BCUT2D eigenvalue weighted by Crippen LogP contribution is -2.52. The summed E-state index contributed by atoms with van der Waals surface area (Å²) in [4.78, 5) is 7.82. The van der Waals surface area contributed by atoms with Gasteiger partial charge in [0.1, 0.15) is 19.0 Å². The summed E-state index contributed by atoms with van der Waals surface area (Å²) in [6.45, 7) is 6.33. The minimum atomic E-state index is -0.127. The van der Waals surface area contributed by atoms with Crippen molar-refractivity contribution in [1.29, 1.82) is 0 Å². The quantitative estimate of drug-likeness (QED) is 0.814. The second-order valence-electron chi connectivity index (χ2n) is 4.49. The molecule has 16 heavy (non-hydrogen) atoms. The molecule has 1 atom stereocenters. The predicted octanol–water partition coefficient (Wildman–Crippen LogP) is 0.622. The van der Waals surface area contributed by atoms with Crippen LogP contribution in [0.1, 0.15) is 13.8 Å². The summed E-state index contributed by atoms with van der Waals surface area (Å²) >= 11 is 0. The van der Waals surface area contributed by atoms with E-state index in [2.05, 4.69) is 29.1 Å². The first kappa shape index (κ1) is 11.3. The van der Waals surface area contributed by atoms with E-state index in [9.17, 15) is 0 Å². The number of rotatable bonds is 3. The molecule has 88 valence electrons. The fourth-order valence-corrected chi connectivity index (χ4v) is 1.70. The third-order valence-corrected chi connectivity index (χ3v) is 2.38. The van der Waals surface area contributed by atoms with Crippen LogP contribution in [-0.4, -0.2) is 41.4 Å². The van der Waals surface area contributed by atoms with Gasteiger partial charge in [0.2, 0.25) is 5.88 Å². The molecule has 1 fully saturated rings. The van der Waals surface area contributed by atoms with E-state index in [1.165, 1.54) is 6.33 Å². The summed E-state index contributed by atoms with van der Waals surface area (Å²) in [5.74, 6) is 0.585. The highest BCUT2D eigenvalue weighted by molar-refractivity contribution is 5.04. The number of nitrogens with zero attached hydrogens (tertiary/aromatic N) is 2. The molecule has 1 aromatic rings. The highest BCUT2D eigenvalue weighted by Crippen LogP contribution is 2.15. The zero-order valence-electron chi connectivity index (χ0n) is 9.64. The lowest BCUT2D eigenvalue weighted by atomic mass is 10.1. The second kappa shape index (κ2) is 4.76. The molecule has 0 amide bonds. The van der Waals surface area contributed by atoms with E-state index in [0.29, 0.717) is 12.5 Å². The van der Waals surface area contributed by atoms with Crippen molar-refractivity contribution in [2.24, 2.45) is 0 Å². The van der Waals surface area contributed by atoms with Gasteiger partial charge in [0.15, 0.2) is 0 Å². The summed E-state index contributed by atoms with van der Waals surface area (Å²) in [6, 6.07) is 1.74. The van der Waals surface area contributed by atoms with Crippen molar-refractivity contribution in [3.05, 3.63) is 18.6 Å². The molecule has 1 aromatic heterocycles. The third kappa shape index (κ3) is 3.15. The molecule has 2 rings (SSSR count). The number of morpholine rings is 1. The van der Waals surface area contributed by atoms with Crippen LogP contribution in [-0.2, 0) is 4.74 Å². The highest BCUT2D eigenvalue weighted by Gasteiger charge is 2.28. The Labute approximate surface area is 95.2 Å². The van der Waals surface area contributed by atoms with Crippen LogP contribution in [0.4, 0.5) is 0 Å². The van der Waals surface area contributed by atoms with Gasteiger partial charge in [-0.2, -0.15) is 0 Å². The molecule has 1 unspecified atom stereocenters. The topological polar surface area (TPSA) is 56.3 Å². The van der Waals surface area contributed by atoms with Gasteiger partial charge >= 0.3 is 0 Å². The van der Waals surface area contributed by atoms with Gasteiger partial charge in [-0.05, 0) is 13.8 Å². The number of nitrogens with one attached hydrogen (secondary N) is 1. The van der Waals surface area contributed by atoms with E-state index < -0.39 is 0 Å². The summed E-state index contributed by atoms with van der Waals surface area (Å²) in [6.07, 6.45) is 3.20. The molecule has 0 saturated carbocycles. The molecule has 1 saturated heterocycles. The molecule has 0 spiro atoms. The Hall–Kier alpha value is -1.20. The zero-order valence-corrected chi connectivity index (χ0v) is 9.64. The molecular formula is C11H17N3O2. The average Bonchev–Trinajstić information content (AvgIpc) is 2.27. The average molecular weight is 223 g/mol. The number of hydrogen-bond acceptors (Lipinski definition) is 5. The van der Waals surface area contributed by atoms with E-state index in [0.717, 1.165) is 13.1 Å². The molecule has 1 N–H and O–H groups in total. The van der Waals surface area contributed by atoms with Crippen LogP contribution in [0.25, 0.3) is 0 Å². The van der Waals surface area contributed by atoms with Crippen molar-refractivity contribution in [3.8, 4) is 5.88 Å². The number of aromatic nitrogens is 2. The van der Waals surface area contributed by atoms with Crippen molar-refractivity contribution in [2.75, 3.05) is 19.7 Å². The zero-order chi connectivity index (χ0) is 11.4. The Balaban J connectivity index is 1.82. The maximum atomic E-state index is 5.86. The lowest BCUT2D eigenvalue weighted by Gasteiger charge is -2.36. The Bertz CT molecular complexity index is 329. The lowest BCUT2D eigenvalue weighted by molar-refractivity contribution is -0.107. The largest absolute Gasteiger partial charge is 0.475 e. The molecule has 0 aromatic carbocycles. The van der Waals surface area contributed by atoms with Crippen LogP contribution >= 0.6 is 0 Å². The molecule has 5 heteroatoms. The predicted molar refractivity (Wildman–Crippen MR) is 59.3 cm³/mol. The molecule has 0 radical (unpaired) electrons. The number of hydrogen-bond donors (Lipinski definition) is 1. The first-order valence-corrected chi connectivity index (χ1v) is 5.43. The standard InChI is InChI=1S/C11H17N3O2/c1-11(2)7-13-5-9(16-11)6-15-10-3-4-12-8-14-10/h3-4,8-9,13H,5-7H2,1-2H3. The SMILES string of the molecule is CC1(C)CNCC(COc2ccncn2)O1. The Morgan fingerprint density at radius 2 is 2.50 bits per heavy atom. The summed E-state index contributed by atoms with van der Waals surface area (Å²) in [7, 11) is 0. The maximum absolute atomic E-state index is 5.86. The third-order valence-electron chi connectivity index (χ3n) is 2.38. The molecular weight excluding hydrogens is 206 g/mol. The molecule has 5 nitrogen and oxygen atoms in total. The molecule has 0 bridgehead atoms. The van der Waals surface area contributed by atoms with Gasteiger partial charge in [-0.25, -0.2) is 9.97 Å². The Morgan fingerprint density at radius 3 is 3.19 bits per heavy atom. The van der Waals surface area contributed by atoms with Gasteiger partial charge in [-0.1, -0.05) is 0 Å². The van der Waals surface area contributed by atoms with Crippen LogP contribution in [0.15, 0.2) is 18.6 Å². The van der Waals surface area contributed by atoms with Gasteiger partial charge in [0, 0.05) is 25.4 Å². The fraction of sp³-hybridized carbons (Fsp3) is 0.636. The van der Waals surface area contributed by atoms with Crippen LogP contribution in [0.3, 0.4) is 0 Å². The van der Waals surface area contributed by atoms with E-state index >= 15 is 0 Å². The van der Waals surface area contributed by atoms with Gasteiger partial charge in [-0.15, -0.1) is 0 Å². The van der Waals surface area contributed by atoms with Crippen LogP contribution in [0, 0.1) is 0 Å². The Kier molecular flexibility index (Phi) is 3.36. The van der Waals surface area contributed by atoms with Gasteiger partial charge in [-0.3, -0.25) is 0 Å². The van der Waals surface area contributed by atoms with Gasteiger partial charge in [0.05, 0.1) is 5.60 Å². The van der Waals surface area contributed by atoms with Crippen molar-refractivity contribution < 1.29 is 9.47 Å². The van der Waals surface area contributed by atoms with Crippen LogP contribution < -0.4 is 10.1 Å². The van der Waals surface area contributed by atoms with Crippen LogP contribution in [0.2, 0.25) is 0 Å². The first-order chi connectivity index (χ1) is 7.66. The Morgan fingerprint density at radius 1 is 1.62 bits per heavy atom. The molecule has 0 aliphatic carbocycles.